The minimum Gasteiger partial charge on any atom is -0.379 e. The van der Waals surface area contributed by atoms with Gasteiger partial charge in [-0.2, -0.15) is 4.98 Å². The van der Waals surface area contributed by atoms with E-state index >= 15 is 0 Å². The first-order valence-corrected chi connectivity index (χ1v) is 6.38. The van der Waals surface area contributed by atoms with Gasteiger partial charge < -0.3 is 10.1 Å². The Morgan fingerprint density at radius 3 is 3.11 bits per heavy atom. The maximum absolute atomic E-state index is 5.46. The topological polar surface area (TPSA) is 51.5 Å². The number of fused-ring (bicyclic) bond motifs is 1. The van der Waals surface area contributed by atoms with Gasteiger partial charge in [-0.15, -0.1) is 5.10 Å². The first-order valence-electron chi connectivity index (χ1n) is 6.38. The third-order valence-electron chi connectivity index (χ3n) is 3.55. The van der Waals surface area contributed by atoms with E-state index in [1.54, 1.807) is 7.11 Å². The largest absolute Gasteiger partial charge is 0.379 e. The number of methoxy groups -OCH3 is 1. The predicted molar refractivity (Wildman–Crippen MR) is 69.8 cm³/mol. The zero-order valence-corrected chi connectivity index (χ0v) is 10.8. The zero-order chi connectivity index (χ0) is 12.5. The summed E-state index contributed by atoms with van der Waals surface area (Å²) < 4.78 is 7.28. The van der Waals surface area contributed by atoms with Crippen molar-refractivity contribution in [3.05, 3.63) is 23.9 Å². The Morgan fingerprint density at radius 2 is 2.28 bits per heavy atom. The van der Waals surface area contributed by atoms with Crippen molar-refractivity contribution in [3.63, 3.8) is 0 Å². The number of hydrogen-bond donors (Lipinski definition) is 1. The van der Waals surface area contributed by atoms with Crippen LogP contribution in [0.4, 0.5) is 5.95 Å². The predicted octanol–water partition coefficient (Wildman–Crippen LogP) is 2.02. The molecule has 0 aliphatic heterocycles. The van der Waals surface area contributed by atoms with Gasteiger partial charge in [0.05, 0.1) is 12.1 Å². The molecular weight excluding hydrogens is 228 g/mol. The van der Waals surface area contributed by atoms with Crippen LogP contribution in [0.15, 0.2) is 18.3 Å². The van der Waals surface area contributed by atoms with E-state index in [4.69, 9.17) is 4.74 Å². The second-order valence-corrected chi connectivity index (χ2v) is 4.90. The van der Waals surface area contributed by atoms with Crippen LogP contribution in [0.1, 0.15) is 24.8 Å². The average molecular weight is 246 g/mol. The fourth-order valence-electron chi connectivity index (χ4n) is 2.59. The Morgan fingerprint density at radius 1 is 1.39 bits per heavy atom. The number of anilines is 1. The molecule has 5 heteroatoms. The first-order chi connectivity index (χ1) is 8.76. The van der Waals surface area contributed by atoms with Gasteiger partial charge in [0.1, 0.15) is 0 Å². The fourth-order valence-corrected chi connectivity index (χ4v) is 2.59. The molecule has 3 rings (SSSR count). The quantitative estimate of drug-likeness (QED) is 0.900. The summed E-state index contributed by atoms with van der Waals surface area (Å²) in [7, 11) is 1.77. The summed E-state index contributed by atoms with van der Waals surface area (Å²) in [5.74, 6) is 0.689. The van der Waals surface area contributed by atoms with Crippen molar-refractivity contribution in [3.8, 4) is 0 Å². The monoisotopic (exact) mass is 246 g/mol. The van der Waals surface area contributed by atoms with E-state index in [0.29, 0.717) is 12.0 Å². The van der Waals surface area contributed by atoms with Gasteiger partial charge in [0.15, 0.2) is 5.65 Å². The normalized spacial score (nSPS) is 23.7. The Bertz CT molecular complexity index is 551. The molecule has 1 saturated carbocycles. The van der Waals surface area contributed by atoms with E-state index in [9.17, 15) is 0 Å². The van der Waals surface area contributed by atoms with Gasteiger partial charge in [-0.3, -0.25) is 0 Å². The highest BCUT2D eigenvalue weighted by molar-refractivity contribution is 5.44. The Kier molecular flexibility index (Phi) is 2.91. The van der Waals surface area contributed by atoms with Crippen molar-refractivity contribution in [1.29, 1.82) is 0 Å². The molecule has 1 aliphatic rings. The standard InChI is InChI=1S/C13H18N4O/c1-9-6-7-12-15-13(16-17(12)8-9)14-10-4-3-5-11(10)18-2/h6-8,10-11H,3-5H2,1-2H3,(H,14,16). The highest BCUT2D eigenvalue weighted by Gasteiger charge is 2.27. The molecule has 2 aromatic rings. The molecule has 0 aromatic carbocycles. The van der Waals surface area contributed by atoms with E-state index in [1.807, 2.05) is 29.8 Å². The molecular formula is C13H18N4O. The van der Waals surface area contributed by atoms with Crippen molar-refractivity contribution in [2.45, 2.75) is 38.3 Å². The summed E-state index contributed by atoms with van der Waals surface area (Å²) in [6.07, 6.45) is 5.69. The van der Waals surface area contributed by atoms with Crippen LogP contribution in [0.2, 0.25) is 0 Å². The van der Waals surface area contributed by atoms with E-state index in [1.165, 1.54) is 12.0 Å². The van der Waals surface area contributed by atoms with Gasteiger partial charge in [-0.1, -0.05) is 6.07 Å². The second kappa shape index (κ2) is 4.57. The smallest absolute Gasteiger partial charge is 0.243 e. The molecule has 2 atom stereocenters. The van der Waals surface area contributed by atoms with Crippen LogP contribution in [0.3, 0.4) is 0 Å². The SMILES string of the molecule is COC1CCCC1Nc1nc2ccc(C)cn2n1. The highest BCUT2D eigenvalue weighted by atomic mass is 16.5. The molecule has 2 unspecified atom stereocenters. The molecule has 0 amide bonds. The fraction of sp³-hybridized carbons (Fsp3) is 0.538. The van der Waals surface area contributed by atoms with E-state index in [2.05, 4.69) is 15.4 Å². The number of hydrogen-bond acceptors (Lipinski definition) is 4. The molecule has 0 saturated heterocycles. The Labute approximate surface area is 106 Å². The number of nitrogens with one attached hydrogen (secondary N) is 1. The molecule has 96 valence electrons. The number of rotatable bonds is 3. The number of nitrogens with zero attached hydrogens (tertiary/aromatic N) is 3. The van der Waals surface area contributed by atoms with Crippen molar-refractivity contribution < 1.29 is 4.74 Å². The third kappa shape index (κ3) is 2.06. The lowest BCUT2D eigenvalue weighted by Crippen LogP contribution is -2.30. The first kappa shape index (κ1) is 11.5. The maximum atomic E-state index is 5.46. The van der Waals surface area contributed by atoms with Gasteiger partial charge in [0.25, 0.3) is 0 Å². The highest BCUT2D eigenvalue weighted by Crippen LogP contribution is 2.24. The lowest BCUT2D eigenvalue weighted by molar-refractivity contribution is 0.101. The van der Waals surface area contributed by atoms with Crippen LogP contribution in [0.5, 0.6) is 0 Å². The van der Waals surface area contributed by atoms with Crippen LogP contribution in [-0.2, 0) is 4.74 Å². The van der Waals surface area contributed by atoms with Crippen LogP contribution in [-0.4, -0.2) is 33.9 Å². The minimum absolute atomic E-state index is 0.276. The van der Waals surface area contributed by atoms with Gasteiger partial charge in [-0.05, 0) is 37.8 Å². The lowest BCUT2D eigenvalue weighted by atomic mass is 10.2. The number of ether oxygens (including phenoxy) is 1. The molecule has 1 N–H and O–H groups in total. The number of aryl methyl sites for hydroxylation is 1. The van der Waals surface area contributed by atoms with Crippen molar-refractivity contribution in [2.24, 2.45) is 0 Å². The van der Waals surface area contributed by atoms with E-state index in [0.717, 1.165) is 18.5 Å². The molecule has 0 radical (unpaired) electrons. The van der Waals surface area contributed by atoms with Crippen LogP contribution < -0.4 is 5.32 Å². The van der Waals surface area contributed by atoms with Crippen LogP contribution in [0, 0.1) is 6.92 Å². The summed E-state index contributed by atoms with van der Waals surface area (Å²) in [5.41, 5.74) is 2.05. The summed E-state index contributed by atoms with van der Waals surface area (Å²) in [5, 5.41) is 7.83. The minimum atomic E-state index is 0.276. The molecule has 1 aliphatic carbocycles. The van der Waals surface area contributed by atoms with Gasteiger partial charge in [-0.25, -0.2) is 4.52 Å². The van der Waals surface area contributed by atoms with Crippen molar-refractivity contribution >= 4 is 11.6 Å². The molecule has 1 fully saturated rings. The van der Waals surface area contributed by atoms with Gasteiger partial charge >= 0.3 is 0 Å². The summed E-state index contributed by atoms with van der Waals surface area (Å²) in [4.78, 5) is 4.47. The van der Waals surface area contributed by atoms with Crippen molar-refractivity contribution in [2.75, 3.05) is 12.4 Å². The lowest BCUT2D eigenvalue weighted by Gasteiger charge is -2.18. The summed E-state index contributed by atoms with van der Waals surface area (Å²) >= 11 is 0. The third-order valence-corrected chi connectivity index (χ3v) is 3.55. The Balaban J connectivity index is 1.82. The molecule has 2 heterocycles. The average Bonchev–Trinajstić information content (AvgIpc) is 2.94. The van der Waals surface area contributed by atoms with Gasteiger partial charge in [0.2, 0.25) is 5.95 Å². The summed E-state index contributed by atoms with van der Waals surface area (Å²) in [6.45, 7) is 2.05. The molecule has 0 spiro atoms. The number of aromatic nitrogens is 3. The Hall–Kier alpha value is -1.62. The summed E-state index contributed by atoms with van der Waals surface area (Å²) in [6, 6.07) is 4.35. The van der Waals surface area contributed by atoms with E-state index < -0.39 is 0 Å². The maximum Gasteiger partial charge on any atom is 0.243 e. The van der Waals surface area contributed by atoms with E-state index in [-0.39, 0.29) is 6.10 Å². The molecule has 18 heavy (non-hydrogen) atoms. The van der Waals surface area contributed by atoms with Crippen LogP contribution >= 0.6 is 0 Å². The van der Waals surface area contributed by atoms with Crippen LogP contribution in [0.25, 0.3) is 5.65 Å². The van der Waals surface area contributed by atoms with Crippen molar-refractivity contribution in [1.82, 2.24) is 14.6 Å². The van der Waals surface area contributed by atoms with Gasteiger partial charge in [0, 0.05) is 13.3 Å². The molecule has 5 nitrogen and oxygen atoms in total. The molecule has 0 bridgehead atoms. The zero-order valence-electron chi connectivity index (χ0n) is 10.8. The second-order valence-electron chi connectivity index (χ2n) is 4.90. The molecule has 2 aromatic heterocycles. The number of pyridine rings is 1.